The van der Waals surface area contributed by atoms with Gasteiger partial charge in [-0.1, -0.05) is 23.4 Å². The molecule has 0 atom stereocenters. The third kappa shape index (κ3) is 4.72. The number of alkyl halides is 6. The summed E-state index contributed by atoms with van der Waals surface area (Å²) in [5.74, 6) is 2.24. The average molecular weight is 420 g/mol. The van der Waals surface area contributed by atoms with Crippen molar-refractivity contribution >= 4 is 35.0 Å². The van der Waals surface area contributed by atoms with Gasteiger partial charge in [-0.3, -0.25) is 4.79 Å². The molecule has 142 valence electrons. The minimum atomic E-state index is -4.84. The lowest BCUT2D eigenvalue weighted by Crippen LogP contribution is -2.22. The van der Waals surface area contributed by atoms with Crippen LogP contribution >= 0.6 is 23.4 Å². The third-order valence-corrected chi connectivity index (χ3v) is 3.99. The number of rotatable bonds is 4. The Kier molecular flexibility index (Phi) is 5.61. The minimum absolute atomic E-state index is 0.140. The zero-order valence-corrected chi connectivity index (χ0v) is 13.9. The lowest BCUT2D eigenvalue weighted by molar-refractivity contribution is -0.146. The van der Waals surface area contributed by atoms with Crippen LogP contribution in [0.1, 0.15) is 11.4 Å². The van der Waals surface area contributed by atoms with E-state index in [1.54, 1.807) is 0 Å². The summed E-state index contributed by atoms with van der Waals surface area (Å²) < 4.78 is 76.5. The molecule has 1 amide bonds. The van der Waals surface area contributed by atoms with Gasteiger partial charge in [-0.05, 0) is 18.2 Å². The number of anilines is 1. The van der Waals surface area contributed by atoms with Crippen molar-refractivity contribution in [3.8, 4) is 0 Å². The lowest BCUT2D eigenvalue weighted by atomic mass is 10.1. The van der Waals surface area contributed by atoms with Gasteiger partial charge in [0.15, 0.2) is 0 Å². The van der Waals surface area contributed by atoms with Crippen molar-refractivity contribution in [3.05, 3.63) is 34.6 Å². The Hall–Kier alpha value is -2.15. The maximum Gasteiger partial charge on any atom is 0.453 e. The van der Waals surface area contributed by atoms with Gasteiger partial charge in [0.05, 0.1) is 17.0 Å². The molecule has 0 aliphatic carbocycles. The van der Waals surface area contributed by atoms with Crippen LogP contribution in [0.2, 0.25) is 5.02 Å². The topological polar surface area (TPSA) is 85.8 Å². The third-order valence-electron chi connectivity index (χ3n) is 2.81. The van der Waals surface area contributed by atoms with E-state index in [4.69, 9.17) is 17.4 Å². The van der Waals surface area contributed by atoms with Crippen molar-refractivity contribution in [2.45, 2.75) is 17.5 Å². The molecule has 1 heterocycles. The fourth-order valence-corrected chi connectivity index (χ4v) is 2.57. The molecule has 1 aromatic carbocycles. The number of halogens is 7. The molecule has 14 heteroatoms. The van der Waals surface area contributed by atoms with Crippen molar-refractivity contribution < 1.29 is 31.1 Å². The van der Waals surface area contributed by atoms with Gasteiger partial charge in [0.2, 0.25) is 11.1 Å². The van der Waals surface area contributed by atoms with Crippen LogP contribution in [0.5, 0.6) is 0 Å². The first-order valence-corrected chi connectivity index (χ1v) is 7.83. The van der Waals surface area contributed by atoms with Crippen molar-refractivity contribution in [1.82, 2.24) is 14.9 Å². The molecule has 0 spiro atoms. The maximum absolute atomic E-state index is 12.9. The second-order valence-electron chi connectivity index (χ2n) is 4.70. The fourth-order valence-electron chi connectivity index (χ4n) is 1.75. The van der Waals surface area contributed by atoms with E-state index in [2.05, 4.69) is 10.2 Å². The van der Waals surface area contributed by atoms with Gasteiger partial charge in [0.1, 0.15) is 0 Å². The monoisotopic (exact) mass is 419 g/mol. The zero-order valence-electron chi connectivity index (χ0n) is 12.3. The highest BCUT2D eigenvalue weighted by Gasteiger charge is 2.38. The van der Waals surface area contributed by atoms with Crippen LogP contribution in [-0.4, -0.2) is 26.5 Å². The summed E-state index contributed by atoms with van der Waals surface area (Å²) in [6.45, 7) is 0. The van der Waals surface area contributed by atoms with Gasteiger partial charge in [-0.2, -0.15) is 26.3 Å². The van der Waals surface area contributed by atoms with E-state index in [9.17, 15) is 31.1 Å². The molecule has 0 fully saturated rings. The first kappa shape index (κ1) is 20.2. The summed E-state index contributed by atoms with van der Waals surface area (Å²) >= 11 is 5.99. The van der Waals surface area contributed by atoms with E-state index in [0.29, 0.717) is 17.8 Å². The minimum Gasteiger partial charge on any atom is -0.335 e. The Labute approximate surface area is 150 Å². The number of benzene rings is 1. The number of thioether (sulfide) groups is 1. The smallest absolute Gasteiger partial charge is 0.335 e. The first-order valence-electron chi connectivity index (χ1n) is 6.46. The number of amides is 1. The van der Waals surface area contributed by atoms with Crippen LogP contribution in [0.3, 0.4) is 0 Å². The van der Waals surface area contributed by atoms with Crippen molar-refractivity contribution in [3.63, 3.8) is 0 Å². The molecule has 0 radical (unpaired) electrons. The molecular weight excluding hydrogens is 412 g/mol. The fraction of sp³-hybridized carbons (Fsp3) is 0.250. The molecule has 1 aromatic heterocycles. The van der Waals surface area contributed by atoms with Crippen molar-refractivity contribution in [1.29, 1.82) is 0 Å². The van der Waals surface area contributed by atoms with Gasteiger partial charge in [-0.15, -0.1) is 10.2 Å². The number of carbonyl (C=O) groups excluding carboxylic acids is 1. The van der Waals surface area contributed by atoms with Crippen LogP contribution < -0.4 is 11.2 Å². The highest BCUT2D eigenvalue weighted by molar-refractivity contribution is 7.99. The maximum atomic E-state index is 12.9. The molecule has 0 bridgehead atoms. The second-order valence-corrected chi connectivity index (χ2v) is 6.08. The number of hydrogen-bond donors (Lipinski definition) is 2. The normalized spacial score (nSPS) is 12.3. The highest BCUT2D eigenvalue weighted by atomic mass is 35.5. The summed E-state index contributed by atoms with van der Waals surface area (Å²) in [6.07, 6.45) is -9.60. The molecule has 2 rings (SSSR count). The average Bonchev–Trinajstić information content (AvgIpc) is 2.87. The number of nitrogens with one attached hydrogen (secondary N) is 1. The molecule has 0 aliphatic rings. The Morgan fingerprint density at radius 1 is 1.19 bits per heavy atom. The summed E-state index contributed by atoms with van der Waals surface area (Å²) in [6, 6.07) is 2.74. The Bertz CT molecular complexity index is 821. The van der Waals surface area contributed by atoms with E-state index in [0.717, 1.165) is 12.1 Å². The van der Waals surface area contributed by atoms with E-state index >= 15 is 0 Å². The van der Waals surface area contributed by atoms with Gasteiger partial charge in [-0.25, -0.2) is 4.68 Å². The van der Waals surface area contributed by atoms with Crippen LogP contribution in [0.15, 0.2) is 23.4 Å². The molecule has 0 saturated carbocycles. The Morgan fingerprint density at radius 2 is 1.85 bits per heavy atom. The van der Waals surface area contributed by atoms with E-state index < -0.39 is 46.2 Å². The number of hydrogen-bond acceptors (Lipinski definition) is 5. The van der Waals surface area contributed by atoms with Gasteiger partial charge < -0.3 is 11.2 Å². The molecule has 0 unspecified atom stereocenters. The number of nitrogens with two attached hydrogens (primary N) is 1. The predicted molar refractivity (Wildman–Crippen MR) is 81.0 cm³/mol. The van der Waals surface area contributed by atoms with Crippen molar-refractivity contribution in [2.24, 2.45) is 0 Å². The summed E-state index contributed by atoms with van der Waals surface area (Å²) in [4.78, 5) is 11.8. The molecular formula is C12H8ClF6N5OS. The van der Waals surface area contributed by atoms with Gasteiger partial charge in [0, 0.05) is 5.02 Å². The SMILES string of the molecule is Nn1c(SCC(=O)Nc2ccc(Cl)cc2C(F)(F)F)nnc1C(F)(F)F. The summed E-state index contributed by atoms with van der Waals surface area (Å²) in [5.41, 5.74) is -1.71. The molecule has 26 heavy (non-hydrogen) atoms. The van der Waals surface area contributed by atoms with Crippen LogP contribution in [0.25, 0.3) is 0 Å². The van der Waals surface area contributed by atoms with Gasteiger partial charge in [0.25, 0.3) is 5.82 Å². The quantitative estimate of drug-likeness (QED) is 0.450. The number of carbonyl (C=O) groups is 1. The second kappa shape index (κ2) is 7.23. The summed E-state index contributed by atoms with van der Waals surface area (Å²) in [5, 5.41) is 7.44. The Balaban J connectivity index is 2.08. The van der Waals surface area contributed by atoms with Gasteiger partial charge >= 0.3 is 12.4 Å². The standard InChI is InChI=1S/C12H8ClF6N5OS/c13-5-1-2-7(6(3-5)11(14,15)16)21-8(25)4-26-10-23-22-9(24(10)20)12(17,18)19/h1-3H,4,20H2,(H,21,25). The Morgan fingerprint density at radius 3 is 2.38 bits per heavy atom. The summed E-state index contributed by atoms with van der Waals surface area (Å²) in [7, 11) is 0. The lowest BCUT2D eigenvalue weighted by Gasteiger charge is -2.14. The molecule has 6 nitrogen and oxygen atoms in total. The number of nitrogen functional groups attached to an aromatic ring is 1. The highest BCUT2D eigenvalue weighted by Crippen LogP contribution is 2.36. The van der Waals surface area contributed by atoms with Crippen LogP contribution in [0.4, 0.5) is 32.0 Å². The molecule has 0 aliphatic heterocycles. The molecule has 0 saturated heterocycles. The first-order chi connectivity index (χ1) is 11.9. The largest absolute Gasteiger partial charge is 0.453 e. The number of aromatic nitrogens is 3. The zero-order chi connectivity index (χ0) is 19.7. The molecule has 2 aromatic rings. The van der Waals surface area contributed by atoms with Crippen LogP contribution in [-0.2, 0) is 17.1 Å². The van der Waals surface area contributed by atoms with Crippen LogP contribution in [0, 0.1) is 0 Å². The number of nitrogens with zero attached hydrogens (tertiary/aromatic N) is 3. The van der Waals surface area contributed by atoms with E-state index in [-0.39, 0.29) is 9.70 Å². The molecule has 3 N–H and O–H groups in total. The van der Waals surface area contributed by atoms with E-state index in [1.165, 1.54) is 0 Å². The van der Waals surface area contributed by atoms with Crippen molar-refractivity contribution in [2.75, 3.05) is 16.9 Å². The van der Waals surface area contributed by atoms with E-state index in [1.807, 2.05) is 5.32 Å². The predicted octanol–water partition coefficient (Wildman–Crippen LogP) is 3.41.